The molecule has 2 atom stereocenters. The van der Waals surface area contributed by atoms with Gasteiger partial charge in [0.25, 0.3) is 5.69 Å². The summed E-state index contributed by atoms with van der Waals surface area (Å²) in [7, 11) is 0. The third-order valence-electron chi connectivity index (χ3n) is 5.42. The molecule has 0 radical (unpaired) electrons. The van der Waals surface area contributed by atoms with E-state index in [1.807, 2.05) is 0 Å². The average Bonchev–Trinajstić information content (AvgIpc) is 2.67. The first-order valence-corrected chi connectivity index (χ1v) is 8.98. The topological polar surface area (TPSA) is 104 Å². The van der Waals surface area contributed by atoms with E-state index in [-0.39, 0.29) is 11.6 Å². The minimum Gasteiger partial charge on any atom is -0.481 e. The molecule has 1 heterocycles. The Morgan fingerprint density at radius 3 is 2.12 bits per heavy atom. The number of non-ortho nitro benzene ring substituents is 1. The van der Waals surface area contributed by atoms with Crippen LogP contribution >= 0.6 is 0 Å². The zero-order valence-electron chi connectivity index (χ0n) is 14.5. The molecule has 3 rings (SSSR count). The van der Waals surface area contributed by atoms with Crippen molar-refractivity contribution < 1.29 is 19.6 Å². The Labute approximate surface area is 151 Å². The van der Waals surface area contributed by atoms with Crippen molar-refractivity contribution in [1.29, 1.82) is 0 Å². The largest absolute Gasteiger partial charge is 0.481 e. The third-order valence-corrected chi connectivity index (χ3v) is 5.42. The number of nitro groups is 1. The van der Waals surface area contributed by atoms with Crippen LogP contribution in [-0.2, 0) is 9.59 Å². The van der Waals surface area contributed by atoms with Crippen LogP contribution in [0.2, 0.25) is 0 Å². The number of benzene rings is 1. The van der Waals surface area contributed by atoms with Gasteiger partial charge in [0.2, 0.25) is 5.91 Å². The Morgan fingerprint density at radius 1 is 1.00 bits per heavy atom. The molecular formula is C18H23N3O5. The SMILES string of the molecule is O=C(O)[C@@H]1CCCC[C@@H]1C(=O)N1CCN(c2ccc([N+](=O)[O-])cc2)CC1. The standard InChI is InChI=1S/C18H23N3O5/c22-17(15-3-1-2-4-16(15)18(23)24)20-11-9-19(10-12-20)13-5-7-14(8-6-13)21(25)26/h5-8,15-16H,1-4,9-12H2,(H,23,24)/t15-,16+/m0/s1. The first-order valence-electron chi connectivity index (χ1n) is 8.98. The lowest BCUT2D eigenvalue weighted by Gasteiger charge is -2.39. The predicted octanol–water partition coefficient (Wildman–Crippen LogP) is 2.13. The molecule has 140 valence electrons. The van der Waals surface area contributed by atoms with Gasteiger partial charge in [-0.25, -0.2) is 0 Å². The minimum atomic E-state index is -0.868. The summed E-state index contributed by atoms with van der Waals surface area (Å²) in [6.45, 7) is 2.35. The number of hydrogen-bond donors (Lipinski definition) is 1. The molecule has 0 unspecified atom stereocenters. The Balaban J connectivity index is 1.59. The summed E-state index contributed by atoms with van der Waals surface area (Å²) in [4.78, 5) is 38.4. The number of nitrogens with zero attached hydrogens (tertiary/aromatic N) is 3. The molecule has 8 heteroatoms. The number of nitro benzene ring substituents is 1. The lowest BCUT2D eigenvalue weighted by molar-refractivity contribution is -0.384. The van der Waals surface area contributed by atoms with Gasteiger partial charge in [0.1, 0.15) is 0 Å². The van der Waals surface area contributed by atoms with Gasteiger partial charge in [-0.15, -0.1) is 0 Å². The number of anilines is 1. The molecule has 1 saturated carbocycles. The van der Waals surface area contributed by atoms with E-state index in [0.29, 0.717) is 39.0 Å². The summed E-state index contributed by atoms with van der Waals surface area (Å²) in [6.07, 6.45) is 3.00. The van der Waals surface area contributed by atoms with Crippen LogP contribution in [0.15, 0.2) is 24.3 Å². The van der Waals surface area contributed by atoms with Crippen LogP contribution in [0.4, 0.5) is 11.4 Å². The van der Waals surface area contributed by atoms with Crippen molar-refractivity contribution in [3.8, 4) is 0 Å². The molecule has 0 bridgehead atoms. The summed E-state index contributed by atoms with van der Waals surface area (Å²) in [5.74, 6) is -1.89. The second-order valence-electron chi connectivity index (χ2n) is 6.92. The molecule has 1 aromatic carbocycles. The summed E-state index contributed by atoms with van der Waals surface area (Å²) < 4.78 is 0. The van der Waals surface area contributed by atoms with Crippen LogP contribution in [0, 0.1) is 22.0 Å². The molecule has 1 aromatic rings. The van der Waals surface area contributed by atoms with Crippen molar-refractivity contribution in [2.45, 2.75) is 25.7 Å². The molecule has 26 heavy (non-hydrogen) atoms. The normalized spacial score (nSPS) is 23.5. The fraction of sp³-hybridized carbons (Fsp3) is 0.556. The number of amides is 1. The van der Waals surface area contributed by atoms with Gasteiger partial charge < -0.3 is 14.9 Å². The highest BCUT2D eigenvalue weighted by Gasteiger charge is 2.38. The van der Waals surface area contributed by atoms with E-state index in [9.17, 15) is 24.8 Å². The van der Waals surface area contributed by atoms with Crippen LogP contribution in [0.1, 0.15) is 25.7 Å². The Bertz CT molecular complexity index is 683. The van der Waals surface area contributed by atoms with E-state index < -0.39 is 22.7 Å². The van der Waals surface area contributed by atoms with Gasteiger partial charge in [-0.1, -0.05) is 12.8 Å². The van der Waals surface area contributed by atoms with Crippen LogP contribution in [0.5, 0.6) is 0 Å². The van der Waals surface area contributed by atoms with Gasteiger partial charge >= 0.3 is 5.97 Å². The van der Waals surface area contributed by atoms with Gasteiger partial charge in [0.05, 0.1) is 16.8 Å². The van der Waals surface area contributed by atoms with Crippen LogP contribution < -0.4 is 4.90 Å². The van der Waals surface area contributed by atoms with E-state index >= 15 is 0 Å². The first kappa shape index (κ1) is 18.2. The number of carbonyl (C=O) groups is 2. The van der Waals surface area contributed by atoms with Gasteiger partial charge in [0, 0.05) is 44.0 Å². The zero-order chi connectivity index (χ0) is 18.7. The second kappa shape index (κ2) is 7.72. The minimum absolute atomic E-state index is 0.0413. The molecule has 1 aliphatic heterocycles. The highest BCUT2D eigenvalue weighted by molar-refractivity contribution is 5.85. The fourth-order valence-corrected chi connectivity index (χ4v) is 3.93. The molecular weight excluding hydrogens is 338 g/mol. The van der Waals surface area contributed by atoms with Gasteiger partial charge in [0.15, 0.2) is 0 Å². The second-order valence-corrected chi connectivity index (χ2v) is 6.92. The van der Waals surface area contributed by atoms with E-state index in [2.05, 4.69) is 4.90 Å². The van der Waals surface area contributed by atoms with Crippen LogP contribution in [0.3, 0.4) is 0 Å². The van der Waals surface area contributed by atoms with Crippen molar-refractivity contribution in [3.63, 3.8) is 0 Å². The maximum Gasteiger partial charge on any atom is 0.307 e. The number of piperazine rings is 1. The smallest absolute Gasteiger partial charge is 0.307 e. The van der Waals surface area contributed by atoms with Gasteiger partial charge in [-0.3, -0.25) is 19.7 Å². The molecule has 2 aliphatic rings. The lowest BCUT2D eigenvalue weighted by atomic mass is 9.78. The van der Waals surface area contributed by atoms with E-state index in [1.165, 1.54) is 12.1 Å². The number of aliphatic carboxylic acids is 1. The Morgan fingerprint density at radius 2 is 1.58 bits per heavy atom. The zero-order valence-corrected chi connectivity index (χ0v) is 14.5. The molecule has 1 N–H and O–H groups in total. The number of hydrogen-bond acceptors (Lipinski definition) is 5. The molecule has 1 amide bonds. The quantitative estimate of drug-likeness (QED) is 0.651. The highest BCUT2D eigenvalue weighted by Crippen LogP contribution is 2.32. The van der Waals surface area contributed by atoms with E-state index in [4.69, 9.17) is 0 Å². The van der Waals surface area contributed by atoms with E-state index in [1.54, 1.807) is 17.0 Å². The van der Waals surface area contributed by atoms with Crippen molar-refractivity contribution in [2.75, 3.05) is 31.1 Å². The summed E-state index contributed by atoms with van der Waals surface area (Å²) >= 11 is 0. The number of carbonyl (C=O) groups excluding carboxylic acids is 1. The summed E-state index contributed by atoms with van der Waals surface area (Å²) in [5, 5.41) is 20.1. The molecule has 2 fully saturated rings. The predicted molar refractivity (Wildman–Crippen MR) is 95.0 cm³/mol. The number of rotatable bonds is 4. The monoisotopic (exact) mass is 361 g/mol. The van der Waals surface area contributed by atoms with Crippen molar-refractivity contribution in [2.24, 2.45) is 11.8 Å². The molecule has 1 saturated heterocycles. The third kappa shape index (κ3) is 3.79. The fourth-order valence-electron chi connectivity index (χ4n) is 3.93. The summed E-state index contributed by atoms with van der Waals surface area (Å²) in [5.41, 5.74) is 0.948. The number of carboxylic acids is 1. The first-order chi connectivity index (χ1) is 12.5. The number of carboxylic acid groups (broad SMARTS) is 1. The maximum atomic E-state index is 12.8. The summed E-state index contributed by atoms with van der Waals surface area (Å²) in [6, 6.07) is 6.40. The van der Waals surface area contributed by atoms with Crippen molar-refractivity contribution >= 4 is 23.3 Å². The maximum absolute atomic E-state index is 12.8. The van der Waals surface area contributed by atoms with Gasteiger partial charge in [-0.05, 0) is 25.0 Å². The lowest BCUT2D eigenvalue weighted by Crippen LogP contribution is -2.52. The Hall–Kier alpha value is -2.64. The van der Waals surface area contributed by atoms with Crippen LogP contribution in [-0.4, -0.2) is 53.0 Å². The molecule has 0 aromatic heterocycles. The van der Waals surface area contributed by atoms with Gasteiger partial charge in [-0.2, -0.15) is 0 Å². The van der Waals surface area contributed by atoms with Crippen molar-refractivity contribution in [1.82, 2.24) is 4.90 Å². The van der Waals surface area contributed by atoms with E-state index in [0.717, 1.165) is 18.5 Å². The molecule has 1 aliphatic carbocycles. The van der Waals surface area contributed by atoms with Crippen molar-refractivity contribution in [3.05, 3.63) is 34.4 Å². The highest BCUT2D eigenvalue weighted by atomic mass is 16.6. The molecule has 0 spiro atoms. The Kier molecular flexibility index (Phi) is 5.39. The average molecular weight is 361 g/mol. The van der Waals surface area contributed by atoms with Crippen LogP contribution in [0.25, 0.3) is 0 Å². The molecule has 8 nitrogen and oxygen atoms in total.